The lowest BCUT2D eigenvalue weighted by Gasteiger charge is -2.34. The van der Waals surface area contributed by atoms with Crippen LogP contribution in [0.5, 0.6) is 0 Å². The monoisotopic (exact) mass is 620 g/mol. The number of hydrogen-bond donors (Lipinski definition) is 1. The highest BCUT2D eigenvalue weighted by molar-refractivity contribution is 6.04. The maximum atomic E-state index is 14.1. The molecule has 2 aliphatic rings. The average molecular weight is 621 g/mol. The van der Waals surface area contributed by atoms with Crippen molar-refractivity contribution in [1.82, 2.24) is 19.8 Å². The lowest BCUT2D eigenvalue weighted by molar-refractivity contribution is -0.138. The van der Waals surface area contributed by atoms with Gasteiger partial charge in [0, 0.05) is 56.1 Å². The van der Waals surface area contributed by atoms with Crippen LogP contribution in [0.1, 0.15) is 60.7 Å². The van der Waals surface area contributed by atoms with Crippen LogP contribution in [-0.2, 0) is 17.5 Å². The standard InChI is InChI=1S/C34H39F3N6O2/c1-5-8-9-29-14-15-32(45-4)40-43(29)28(6-2)13-10-25-16-17-38-31(22-25)39-33(44)26-11-12-27(30(23-26)34(35,36)37)24-42-20-18-41(7-3)19-21-42/h6,9,11-12,14-17,22-23H,5,7-8,18-21,24H2,1-4H3,(H,38,39,44)/b28-6-,29-9+. The van der Waals surface area contributed by atoms with Gasteiger partial charge in [-0.3, -0.25) is 9.69 Å². The zero-order valence-corrected chi connectivity index (χ0v) is 26.1. The summed E-state index contributed by atoms with van der Waals surface area (Å²) < 4.78 is 47.5. The van der Waals surface area contributed by atoms with E-state index in [1.807, 2.05) is 24.0 Å². The van der Waals surface area contributed by atoms with Gasteiger partial charge in [0.15, 0.2) is 0 Å². The molecule has 1 N–H and O–H groups in total. The molecule has 45 heavy (non-hydrogen) atoms. The number of carbonyl (C=O) groups excluding carboxylic acids is 1. The Morgan fingerprint density at radius 2 is 1.84 bits per heavy atom. The summed E-state index contributed by atoms with van der Waals surface area (Å²) in [5, 5.41) is 8.85. The fourth-order valence-electron chi connectivity index (χ4n) is 4.94. The van der Waals surface area contributed by atoms with E-state index in [1.165, 1.54) is 18.3 Å². The molecular weight excluding hydrogens is 581 g/mol. The summed E-state index contributed by atoms with van der Waals surface area (Å²) in [7, 11) is 1.55. The molecule has 0 atom stereocenters. The van der Waals surface area contributed by atoms with Gasteiger partial charge in [-0.05, 0) is 61.7 Å². The van der Waals surface area contributed by atoms with E-state index >= 15 is 0 Å². The topological polar surface area (TPSA) is 73.3 Å². The van der Waals surface area contributed by atoms with Gasteiger partial charge in [0.2, 0.25) is 5.90 Å². The van der Waals surface area contributed by atoms with Crippen LogP contribution in [0.3, 0.4) is 0 Å². The number of likely N-dealkylation sites (N-methyl/N-ethyl adjacent to an activating group) is 1. The van der Waals surface area contributed by atoms with Crippen LogP contribution in [0, 0.1) is 11.8 Å². The summed E-state index contributed by atoms with van der Waals surface area (Å²) in [5.41, 5.74) is 1.28. The van der Waals surface area contributed by atoms with E-state index in [2.05, 4.69) is 52.1 Å². The highest BCUT2D eigenvalue weighted by Crippen LogP contribution is 2.34. The van der Waals surface area contributed by atoms with Gasteiger partial charge in [-0.15, -0.1) is 5.10 Å². The van der Waals surface area contributed by atoms with Crippen molar-refractivity contribution in [1.29, 1.82) is 0 Å². The molecule has 1 aromatic carbocycles. The van der Waals surface area contributed by atoms with E-state index in [-0.39, 0.29) is 23.5 Å². The summed E-state index contributed by atoms with van der Waals surface area (Å²) >= 11 is 0. The number of carbonyl (C=O) groups is 1. The number of hydrazone groups is 1. The number of aromatic nitrogens is 1. The number of nitrogens with zero attached hydrogens (tertiary/aromatic N) is 5. The van der Waals surface area contributed by atoms with E-state index in [1.54, 1.807) is 30.3 Å². The molecular formula is C34H39F3N6O2. The summed E-state index contributed by atoms with van der Waals surface area (Å²) in [4.78, 5) is 21.5. The second-order valence-electron chi connectivity index (χ2n) is 10.6. The predicted octanol–water partition coefficient (Wildman–Crippen LogP) is 6.26. The minimum absolute atomic E-state index is 0.104. The number of allylic oxidation sites excluding steroid dienone is 4. The summed E-state index contributed by atoms with van der Waals surface area (Å²) in [5.74, 6) is 6.10. The van der Waals surface area contributed by atoms with Gasteiger partial charge in [-0.2, -0.15) is 13.2 Å². The molecule has 1 aromatic heterocycles. The normalized spacial score (nSPS) is 17.1. The first kappa shape index (κ1) is 33.5. The minimum Gasteiger partial charge on any atom is -0.480 e. The van der Waals surface area contributed by atoms with Crippen LogP contribution in [0.15, 0.2) is 77.3 Å². The first-order chi connectivity index (χ1) is 21.6. The Morgan fingerprint density at radius 1 is 1.09 bits per heavy atom. The molecule has 1 amide bonds. The van der Waals surface area contributed by atoms with Crippen molar-refractivity contribution in [2.24, 2.45) is 5.10 Å². The largest absolute Gasteiger partial charge is 0.480 e. The van der Waals surface area contributed by atoms with Gasteiger partial charge < -0.3 is 15.0 Å². The third-order valence-electron chi connectivity index (χ3n) is 7.51. The number of benzene rings is 1. The number of halogens is 3. The number of piperazine rings is 1. The van der Waals surface area contributed by atoms with Gasteiger partial charge in [0.1, 0.15) is 11.5 Å². The van der Waals surface area contributed by atoms with Crippen molar-refractivity contribution in [3.8, 4) is 11.8 Å². The lowest BCUT2D eigenvalue weighted by atomic mass is 10.0. The molecule has 0 aliphatic carbocycles. The zero-order chi connectivity index (χ0) is 32.4. The molecule has 0 radical (unpaired) electrons. The molecule has 0 spiro atoms. The number of unbranched alkanes of at least 4 members (excludes halogenated alkanes) is 1. The Kier molecular flexibility index (Phi) is 11.6. The molecule has 4 rings (SSSR count). The van der Waals surface area contributed by atoms with Crippen molar-refractivity contribution in [3.63, 3.8) is 0 Å². The number of amides is 1. The second kappa shape index (κ2) is 15.5. The number of methoxy groups -OCH3 is 1. The van der Waals surface area contributed by atoms with E-state index in [9.17, 15) is 18.0 Å². The summed E-state index contributed by atoms with van der Waals surface area (Å²) in [6.07, 6.45) is 6.34. The maximum Gasteiger partial charge on any atom is 0.416 e. The van der Waals surface area contributed by atoms with Crippen molar-refractivity contribution in [3.05, 3.63) is 94.5 Å². The summed E-state index contributed by atoms with van der Waals surface area (Å²) in [6, 6.07) is 6.99. The Morgan fingerprint density at radius 3 is 2.51 bits per heavy atom. The number of anilines is 1. The van der Waals surface area contributed by atoms with E-state index in [0.717, 1.165) is 44.2 Å². The first-order valence-corrected chi connectivity index (χ1v) is 15.1. The predicted molar refractivity (Wildman–Crippen MR) is 170 cm³/mol. The number of nitrogens with one attached hydrogen (secondary N) is 1. The highest BCUT2D eigenvalue weighted by atomic mass is 19.4. The van der Waals surface area contributed by atoms with Crippen LogP contribution in [0.4, 0.5) is 19.0 Å². The van der Waals surface area contributed by atoms with Crippen LogP contribution in [0.25, 0.3) is 0 Å². The third-order valence-corrected chi connectivity index (χ3v) is 7.51. The van der Waals surface area contributed by atoms with E-state index < -0.39 is 17.6 Å². The molecule has 2 aliphatic heterocycles. The smallest absolute Gasteiger partial charge is 0.416 e. The maximum absolute atomic E-state index is 14.1. The third kappa shape index (κ3) is 9.06. The molecule has 2 aromatic rings. The fourth-order valence-corrected chi connectivity index (χ4v) is 4.94. The quantitative estimate of drug-likeness (QED) is 0.352. The van der Waals surface area contributed by atoms with Crippen molar-refractivity contribution in [2.45, 2.75) is 46.3 Å². The SMILES string of the molecule is C/C=C(/C#Cc1ccnc(NC(=O)c2ccc(CN3CCN(CC)CC3)c(C(F)(F)F)c2)c1)N1N=C(OC)C=C/C1=C\CCC. The second-order valence-corrected chi connectivity index (χ2v) is 10.6. The van der Waals surface area contributed by atoms with Crippen molar-refractivity contribution in [2.75, 3.05) is 45.2 Å². The van der Waals surface area contributed by atoms with Gasteiger partial charge in [-0.25, -0.2) is 9.99 Å². The first-order valence-electron chi connectivity index (χ1n) is 15.1. The molecule has 0 unspecified atom stereocenters. The molecule has 1 saturated heterocycles. The van der Waals surface area contributed by atoms with Gasteiger partial charge in [0.05, 0.1) is 18.4 Å². The molecule has 1 fully saturated rings. The zero-order valence-electron chi connectivity index (χ0n) is 26.1. The lowest BCUT2D eigenvalue weighted by Crippen LogP contribution is -2.45. The Balaban J connectivity index is 1.50. The van der Waals surface area contributed by atoms with Crippen LogP contribution in [-0.4, -0.2) is 71.4 Å². The van der Waals surface area contributed by atoms with E-state index in [4.69, 9.17) is 4.74 Å². The van der Waals surface area contributed by atoms with Crippen molar-refractivity contribution < 1.29 is 22.7 Å². The number of pyridine rings is 1. The molecule has 11 heteroatoms. The van der Waals surface area contributed by atoms with Gasteiger partial charge in [0.25, 0.3) is 5.91 Å². The molecule has 238 valence electrons. The number of ether oxygens (including phenoxy) is 1. The fraction of sp³-hybridized carbons (Fsp3) is 0.382. The molecule has 3 heterocycles. The van der Waals surface area contributed by atoms with Crippen molar-refractivity contribution >= 4 is 17.6 Å². The van der Waals surface area contributed by atoms with Gasteiger partial charge in [-0.1, -0.05) is 44.4 Å². The Hall–Kier alpha value is -4.40. The molecule has 0 saturated carbocycles. The number of hydrogen-bond acceptors (Lipinski definition) is 7. The minimum atomic E-state index is -4.60. The van der Waals surface area contributed by atoms with Crippen LogP contribution >= 0.6 is 0 Å². The Labute approximate surface area is 262 Å². The van der Waals surface area contributed by atoms with E-state index in [0.29, 0.717) is 30.2 Å². The number of rotatable bonds is 8. The highest BCUT2D eigenvalue weighted by Gasteiger charge is 2.34. The average Bonchev–Trinajstić information content (AvgIpc) is 3.04. The van der Waals surface area contributed by atoms with Crippen LogP contribution < -0.4 is 5.32 Å². The number of alkyl halides is 3. The Bertz CT molecular complexity index is 1540. The van der Waals surface area contributed by atoms with Crippen LogP contribution in [0.2, 0.25) is 0 Å². The molecule has 0 bridgehead atoms. The van der Waals surface area contributed by atoms with Gasteiger partial charge >= 0.3 is 6.18 Å². The molecule has 8 nitrogen and oxygen atoms in total. The summed E-state index contributed by atoms with van der Waals surface area (Å²) in [6.45, 7) is 10.1.